The number of hydrogen-bond acceptors (Lipinski definition) is 4. The van der Waals surface area contributed by atoms with Crippen molar-refractivity contribution in [1.82, 2.24) is 9.29 Å². The first-order valence-electron chi connectivity index (χ1n) is 6.29. The van der Waals surface area contributed by atoms with Gasteiger partial charge >= 0.3 is 0 Å². The number of rotatable bonds is 3. The van der Waals surface area contributed by atoms with Gasteiger partial charge in [0, 0.05) is 25.3 Å². The fourth-order valence-corrected chi connectivity index (χ4v) is 3.77. The van der Waals surface area contributed by atoms with Gasteiger partial charge in [0.25, 0.3) is 10.0 Å². The molecular weight excluding hydrogens is 269 g/mol. The van der Waals surface area contributed by atoms with E-state index >= 15 is 0 Å². The molecule has 1 aromatic rings. The van der Waals surface area contributed by atoms with Crippen LogP contribution in [0, 0.1) is 11.7 Å². The molecule has 1 unspecified atom stereocenters. The van der Waals surface area contributed by atoms with E-state index in [2.05, 4.69) is 4.98 Å². The first-order chi connectivity index (χ1) is 8.93. The van der Waals surface area contributed by atoms with E-state index in [0.29, 0.717) is 31.8 Å². The molecule has 1 fully saturated rings. The molecule has 1 aromatic heterocycles. The van der Waals surface area contributed by atoms with Gasteiger partial charge in [0.1, 0.15) is 0 Å². The summed E-state index contributed by atoms with van der Waals surface area (Å²) in [4.78, 5) is 3.65. The Morgan fingerprint density at radius 1 is 1.47 bits per heavy atom. The molecule has 2 N–H and O–H groups in total. The van der Waals surface area contributed by atoms with Gasteiger partial charge in [-0.25, -0.2) is 17.8 Å². The topological polar surface area (TPSA) is 76.3 Å². The number of nitrogens with two attached hydrogens (primary N) is 1. The molecule has 0 amide bonds. The minimum Gasteiger partial charge on any atom is -0.328 e. The van der Waals surface area contributed by atoms with Gasteiger partial charge in [0.05, 0.1) is 0 Å². The van der Waals surface area contributed by atoms with Gasteiger partial charge in [-0.1, -0.05) is 0 Å². The van der Waals surface area contributed by atoms with Crippen LogP contribution >= 0.6 is 0 Å². The SMILES string of the molecule is CC(N)C1CCN(S(=O)(=O)c2ncccc2F)CC1. The lowest BCUT2D eigenvalue weighted by atomic mass is 9.92. The van der Waals surface area contributed by atoms with Crippen molar-refractivity contribution in [3.63, 3.8) is 0 Å². The van der Waals surface area contributed by atoms with E-state index in [-0.39, 0.29) is 6.04 Å². The van der Waals surface area contributed by atoms with E-state index in [1.807, 2.05) is 6.92 Å². The van der Waals surface area contributed by atoms with Crippen LogP contribution in [-0.4, -0.2) is 36.8 Å². The molecule has 19 heavy (non-hydrogen) atoms. The Kier molecular flexibility index (Phi) is 4.17. The molecular formula is C12H18FN3O2S. The molecule has 0 saturated carbocycles. The van der Waals surface area contributed by atoms with Crippen molar-refractivity contribution in [3.8, 4) is 0 Å². The number of nitrogens with zero attached hydrogens (tertiary/aromatic N) is 2. The van der Waals surface area contributed by atoms with Crippen LogP contribution in [0.5, 0.6) is 0 Å². The summed E-state index contributed by atoms with van der Waals surface area (Å²) in [7, 11) is -3.84. The maximum atomic E-state index is 13.6. The van der Waals surface area contributed by atoms with Crippen LogP contribution in [0.1, 0.15) is 19.8 Å². The highest BCUT2D eigenvalue weighted by molar-refractivity contribution is 7.89. The average molecular weight is 287 g/mol. The summed E-state index contributed by atoms with van der Waals surface area (Å²) in [5.74, 6) is -0.489. The van der Waals surface area contributed by atoms with Crippen LogP contribution in [0.3, 0.4) is 0 Å². The van der Waals surface area contributed by atoms with E-state index in [4.69, 9.17) is 5.73 Å². The largest absolute Gasteiger partial charge is 0.328 e. The molecule has 2 heterocycles. The molecule has 1 atom stereocenters. The van der Waals surface area contributed by atoms with Gasteiger partial charge in [-0.15, -0.1) is 0 Å². The Labute approximate surface area is 112 Å². The van der Waals surface area contributed by atoms with Gasteiger partial charge in [-0.2, -0.15) is 4.31 Å². The van der Waals surface area contributed by atoms with E-state index in [1.165, 1.54) is 16.6 Å². The quantitative estimate of drug-likeness (QED) is 0.898. The third-order valence-corrected chi connectivity index (χ3v) is 5.39. The minimum absolute atomic E-state index is 0.0523. The highest BCUT2D eigenvalue weighted by atomic mass is 32.2. The van der Waals surface area contributed by atoms with Gasteiger partial charge in [0.2, 0.25) is 5.03 Å². The summed E-state index contributed by atoms with van der Waals surface area (Å²) in [6, 6.07) is 2.53. The molecule has 0 spiro atoms. The predicted molar refractivity (Wildman–Crippen MR) is 69.3 cm³/mol. The summed E-state index contributed by atoms with van der Waals surface area (Å²) < 4.78 is 39.4. The summed E-state index contributed by atoms with van der Waals surface area (Å²) in [6.07, 6.45) is 2.68. The second-order valence-corrected chi connectivity index (χ2v) is 6.74. The molecule has 2 rings (SSSR count). The molecule has 7 heteroatoms. The standard InChI is InChI=1S/C12H18FN3O2S/c1-9(14)10-4-7-16(8-5-10)19(17,18)12-11(13)3-2-6-15-12/h2-3,6,9-10H,4-5,7-8,14H2,1H3. The fourth-order valence-electron chi connectivity index (χ4n) is 2.33. The second-order valence-electron chi connectivity index (χ2n) is 4.89. The summed E-state index contributed by atoms with van der Waals surface area (Å²) in [6.45, 7) is 2.66. The maximum absolute atomic E-state index is 13.6. The Hall–Kier alpha value is -1.05. The predicted octanol–water partition coefficient (Wildman–Crippen LogP) is 0.969. The van der Waals surface area contributed by atoms with Crippen LogP contribution in [0.2, 0.25) is 0 Å². The average Bonchev–Trinajstić information content (AvgIpc) is 2.39. The summed E-state index contributed by atoms with van der Waals surface area (Å²) in [5.41, 5.74) is 5.82. The minimum atomic E-state index is -3.84. The van der Waals surface area contributed by atoms with Crippen molar-refractivity contribution >= 4 is 10.0 Å². The van der Waals surface area contributed by atoms with Crippen molar-refractivity contribution in [2.75, 3.05) is 13.1 Å². The third kappa shape index (κ3) is 2.93. The first-order valence-corrected chi connectivity index (χ1v) is 7.73. The number of hydrogen-bond donors (Lipinski definition) is 1. The molecule has 1 saturated heterocycles. The molecule has 0 aromatic carbocycles. The first kappa shape index (κ1) is 14.4. The highest BCUT2D eigenvalue weighted by Crippen LogP contribution is 2.25. The Bertz CT molecular complexity index is 540. The van der Waals surface area contributed by atoms with Crippen LogP contribution in [0.25, 0.3) is 0 Å². The van der Waals surface area contributed by atoms with Gasteiger partial charge in [-0.05, 0) is 37.8 Å². The zero-order chi connectivity index (χ0) is 14.0. The van der Waals surface area contributed by atoms with Crippen molar-refractivity contribution in [2.24, 2.45) is 11.7 Å². The molecule has 0 bridgehead atoms. The molecule has 1 aliphatic rings. The van der Waals surface area contributed by atoms with Crippen LogP contribution in [-0.2, 0) is 10.0 Å². The van der Waals surface area contributed by atoms with Crippen LogP contribution in [0.4, 0.5) is 4.39 Å². The molecule has 106 valence electrons. The lowest BCUT2D eigenvalue weighted by molar-refractivity contribution is 0.249. The number of aromatic nitrogens is 1. The number of piperidine rings is 1. The smallest absolute Gasteiger partial charge is 0.263 e. The summed E-state index contributed by atoms with van der Waals surface area (Å²) in [5, 5.41) is -0.491. The Morgan fingerprint density at radius 2 is 2.11 bits per heavy atom. The Balaban J connectivity index is 2.17. The van der Waals surface area contributed by atoms with Crippen molar-refractivity contribution in [1.29, 1.82) is 0 Å². The van der Waals surface area contributed by atoms with Crippen molar-refractivity contribution in [3.05, 3.63) is 24.1 Å². The highest BCUT2D eigenvalue weighted by Gasteiger charge is 2.32. The second kappa shape index (κ2) is 5.52. The Morgan fingerprint density at radius 3 is 2.63 bits per heavy atom. The summed E-state index contributed by atoms with van der Waals surface area (Å²) >= 11 is 0. The van der Waals surface area contributed by atoms with Gasteiger partial charge < -0.3 is 5.73 Å². The van der Waals surface area contributed by atoms with E-state index in [9.17, 15) is 12.8 Å². The molecule has 1 aliphatic heterocycles. The third-order valence-electron chi connectivity index (χ3n) is 3.55. The lowest BCUT2D eigenvalue weighted by Crippen LogP contribution is -2.42. The normalized spacial score (nSPS) is 20.4. The zero-order valence-electron chi connectivity index (χ0n) is 10.8. The van der Waals surface area contributed by atoms with Gasteiger partial charge in [0.15, 0.2) is 5.82 Å². The molecule has 0 radical (unpaired) electrons. The lowest BCUT2D eigenvalue weighted by Gasteiger charge is -2.32. The number of pyridine rings is 1. The monoisotopic (exact) mass is 287 g/mol. The van der Waals surface area contributed by atoms with Gasteiger partial charge in [-0.3, -0.25) is 0 Å². The molecule has 0 aliphatic carbocycles. The molecule has 5 nitrogen and oxygen atoms in total. The number of halogens is 1. The van der Waals surface area contributed by atoms with Crippen LogP contribution < -0.4 is 5.73 Å². The van der Waals surface area contributed by atoms with E-state index < -0.39 is 20.9 Å². The number of sulfonamides is 1. The van der Waals surface area contributed by atoms with E-state index in [0.717, 1.165) is 6.07 Å². The fraction of sp³-hybridized carbons (Fsp3) is 0.583. The van der Waals surface area contributed by atoms with Crippen LogP contribution in [0.15, 0.2) is 23.4 Å². The zero-order valence-corrected chi connectivity index (χ0v) is 11.6. The van der Waals surface area contributed by atoms with Crippen molar-refractivity contribution < 1.29 is 12.8 Å². The van der Waals surface area contributed by atoms with E-state index in [1.54, 1.807) is 0 Å². The maximum Gasteiger partial charge on any atom is 0.263 e. The van der Waals surface area contributed by atoms with Crippen molar-refractivity contribution in [2.45, 2.75) is 30.8 Å².